The van der Waals surface area contributed by atoms with Gasteiger partial charge in [-0.2, -0.15) is 13.2 Å². The lowest BCUT2D eigenvalue weighted by atomic mass is 10.1. The monoisotopic (exact) mass is 418 g/mol. The van der Waals surface area contributed by atoms with Gasteiger partial charge in [0.25, 0.3) is 5.91 Å². The van der Waals surface area contributed by atoms with Crippen LogP contribution in [0.25, 0.3) is 6.08 Å². The van der Waals surface area contributed by atoms with E-state index in [0.717, 1.165) is 18.2 Å². The van der Waals surface area contributed by atoms with Crippen molar-refractivity contribution in [3.63, 3.8) is 0 Å². The first-order valence-corrected chi connectivity index (χ1v) is 8.54. The molecule has 0 atom stereocenters. The van der Waals surface area contributed by atoms with Gasteiger partial charge in [-0.05, 0) is 48.5 Å². The summed E-state index contributed by atoms with van der Waals surface area (Å²) in [5.41, 5.74) is -2.19. The minimum absolute atomic E-state index is 0.209. The third-order valence-electron chi connectivity index (χ3n) is 3.90. The molecule has 0 saturated heterocycles. The van der Waals surface area contributed by atoms with Crippen molar-refractivity contribution < 1.29 is 31.6 Å². The molecular formula is C21H14F4N2O3. The number of benzene rings is 2. The number of carbonyl (C=O) groups excluding carboxylic acids is 2. The second-order valence-electron chi connectivity index (χ2n) is 6.03. The van der Waals surface area contributed by atoms with Crippen LogP contribution in [0.4, 0.5) is 28.9 Å². The van der Waals surface area contributed by atoms with Gasteiger partial charge in [0.15, 0.2) is 0 Å². The van der Waals surface area contributed by atoms with E-state index >= 15 is 0 Å². The van der Waals surface area contributed by atoms with Crippen LogP contribution in [0.2, 0.25) is 0 Å². The van der Waals surface area contributed by atoms with Crippen LogP contribution in [0, 0.1) is 5.82 Å². The normalized spacial score (nSPS) is 11.5. The summed E-state index contributed by atoms with van der Waals surface area (Å²) in [6.45, 7) is 0. The molecule has 5 nitrogen and oxygen atoms in total. The van der Waals surface area contributed by atoms with E-state index in [1.165, 1.54) is 36.6 Å². The Morgan fingerprint density at radius 1 is 0.967 bits per heavy atom. The second-order valence-corrected chi connectivity index (χ2v) is 6.03. The van der Waals surface area contributed by atoms with Crippen molar-refractivity contribution in [3.05, 3.63) is 89.6 Å². The maximum Gasteiger partial charge on any atom is 0.418 e. The maximum atomic E-state index is 13.7. The van der Waals surface area contributed by atoms with E-state index in [4.69, 9.17) is 4.42 Å². The lowest BCUT2D eigenvalue weighted by Crippen LogP contribution is -2.17. The molecule has 3 aromatic rings. The van der Waals surface area contributed by atoms with Crippen LogP contribution in [0.15, 0.2) is 71.4 Å². The number of carbonyl (C=O) groups is 2. The van der Waals surface area contributed by atoms with Gasteiger partial charge in [-0.1, -0.05) is 12.1 Å². The van der Waals surface area contributed by atoms with E-state index in [-0.39, 0.29) is 11.3 Å². The smallest absolute Gasteiger partial charge is 0.418 e. The fourth-order valence-electron chi connectivity index (χ4n) is 2.53. The van der Waals surface area contributed by atoms with Crippen molar-refractivity contribution in [2.45, 2.75) is 6.18 Å². The molecule has 0 bridgehead atoms. The van der Waals surface area contributed by atoms with Gasteiger partial charge in [0.05, 0.1) is 23.1 Å². The quantitative estimate of drug-likeness (QED) is 0.434. The molecule has 0 aliphatic heterocycles. The molecule has 2 amide bonds. The fraction of sp³-hybridized carbons (Fsp3) is 0.0476. The molecule has 0 unspecified atom stereocenters. The molecule has 2 aromatic carbocycles. The molecule has 3 rings (SSSR count). The predicted octanol–water partition coefficient (Wildman–Crippen LogP) is 5.34. The Labute approximate surface area is 168 Å². The van der Waals surface area contributed by atoms with E-state index in [1.54, 1.807) is 12.1 Å². The molecule has 2 N–H and O–H groups in total. The first-order chi connectivity index (χ1) is 14.2. The summed E-state index contributed by atoms with van der Waals surface area (Å²) in [6, 6.07) is 11.1. The highest BCUT2D eigenvalue weighted by Gasteiger charge is 2.34. The van der Waals surface area contributed by atoms with Crippen LogP contribution in [-0.4, -0.2) is 11.8 Å². The third-order valence-corrected chi connectivity index (χ3v) is 3.90. The Morgan fingerprint density at radius 2 is 1.73 bits per heavy atom. The number of furan rings is 1. The SMILES string of the molecule is O=C(/C=C/c1ccco1)Nc1ccc(NC(=O)c2ccccc2F)cc1C(F)(F)F. The first kappa shape index (κ1) is 20.8. The Bertz CT molecular complexity index is 1090. The largest absolute Gasteiger partial charge is 0.465 e. The predicted molar refractivity (Wildman–Crippen MR) is 102 cm³/mol. The van der Waals surface area contributed by atoms with Crippen molar-refractivity contribution in [1.29, 1.82) is 0 Å². The molecule has 1 heterocycles. The van der Waals surface area contributed by atoms with Gasteiger partial charge in [-0.3, -0.25) is 9.59 Å². The molecular weight excluding hydrogens is 404 g/mol. The number of halogens is 4. The molecule has 0 radical (unpaired) electrons. The van der Waals surface area contributed by atoms with Gasteiger partial charge in [0.1, 0.15) is 11.6 Å². The van der Waals surface area contributed by atoms with Crippen LogP contribution in [-0.2, 0) is 11.0 Å². The van der Waals surface area contributed by atoms with E-state index in [0.29, 0.717) is 11.8 Å². The Kier molecular flexibility index (Phi) is 6.01. The number of anilines is 2. The van der Waals surface area contributed by atoms with E-state index in [2.05, 4.69) is 10.6 Å². The summed E-state index contributed by atoms with van der Waals surface area (Å²) in [4.78, 5) is 24.1. The Hall–Kier alpha value is -3.88. The molecule has 154 valence electrons. The molecule has 0 spiro atoms. The summed E-state index contributed by atoms with van der Waals surface area (Å²) >= 11 is 0. The Balaban J connectivity index is 1.81. The average molecular weight is 418 g/mol. The van der Waals surface area contributed by atoms with Crippen LogP contribution in [0.3, 0.4) is 0 Å². The van der Waals surface area contributed by atoms with Crippen LogP contribution >= 0.6 is 0 Å². The fourth-order valence-corrected chi connectivity index (χ4v) is 2.53. The maximum absolute atomic E-state index is 13.7. The van der Waals surface area contributed by atoms with Gasteiger partial charge in [0.2, 0.25) is 5.91 Å². The lowest BCUT2D eigenvalue weighted by molar-refractivity contribution is -0.136. The highest BCUT2D eigenvalue weighted by atomic mass is 19.4. The Morgan fingerprint density at radius 3 is 2.40 bits per heavy atom. The average Bonchev–Trinajstić information content (AvgIpc) is 3.20. The molecule has 0 fully saturated rings. The van der Waals surface area contributed by atoms with E-state index < -0.39 is 35.1 Å². The van der Waals surface area contributed by atoms with Crippen molar-refractivity contribution in [3.8, 4) is 0 Å². The van der Waals surface area contributed by atoms with Crippen molar-refractivity contribution in [2.75, 3.05) is 10.6 Å². The highest BCUT2D eigenvalue weighted by Crippen LogP contribution is 2.36. The zero-order valence-electron chi connectivity index (χ0n) is 15.2. The standard InChI is InChI=1S/C21H14F4N2O3/c22-17-6-2-1-5-15(17)20(29)26-13-7-9-18(16(12-13)21(23,24)25)27-19(28)10-8-14-4-3-11-30-14/h1-12H,(H,26,29)(H,27,28)/b10-8+. The number of alkyl halides is 3. The van der Waals surface area contributed by atoms with Crippen LogP contribution < -0.4 is 10.6 Å². The molecule has 1 aromatic heterocycles. The minimum atomic E-state index is -4.81. The summed E-state index contributed by atoms with van der Waals surface area (Å²) < 4.78 is 59.1. The summed E-state index contributed by atoms with van der Waals surface area (Å²) in [6.07, 6.45) is -1.11. The van der Waals surface area contributed by atoms with Gasteiger partial charge >= 0.3 is 6.18 Å². The summed E-state index contributed by atoms with van der Waals surface area (Å²) in [7, 11) is 0. The number of hydrogen-bond donors (Lipinski definition) is 2. The highest BCUT2D eigenvalue weighted by molar-refractivity contribution is 6.05. The van der Waals surface area contributed by atoms with Crippen molar-refractivity contribution in [2.24, 2.45) is 0 Å². The number of amides is 2. The number of hydrogen-bond acceptors (Lipinski definition) is 3. The molecule has 0 saturated carbocycles. The number of rotatable bonds is 5. The second kappa shape index (κ2) is 8.64. The van der Waals surface area contributed by atoms with Gasteiger partial charge < -0.3 is 15.1 Å². The molecule has 9 heteroatoms. The lowest BCUT2D eigenvalue weighted by Gasteiger charge is -2.15. The topological polar surface area (TPSA) is 71.3 Å². The summed E-state index contributed by atoms with van der Waals surface area (Å²) in [5.74, 6) is -2.16. The van der Waals surface area contributed by atoms with Gasteiger partial charge in [-0.25, -0.2) is 4.39 Å². The van der Waals surface area contributed by atoms with E-state index in [9.17, 15) is 27.2 Å². The van der Waals surface area contributed by atoms with Crippen LogP contribution in [0.5, 0.6) is 0 Å². The summed E-state index contributed by atoms with van der Waals surface area (Å²) in [5, 5.41) is 4.36. The molecule has 0 aliphatic carbocycles. The van der Waals surface area contributed by atoms with Gasteiger partial charge in [0, 0.05) is 11.8 Å². The van der Waals surface area contributed by atoms with Crippen molar-refractivity contribution in [1.82, 2.24) is 0 Å². The van der Waals surface area contributed by atoms with E-state index in [1.807, 2.05) is 0 Å². The molecule has 0 aliphatic rings. The zero-order chi connectivity index (χ0) is 21.7. The van der Waals surface area contributed by atoms with Gasteiger partial charge in [-0.15, -0.1) is 0 Å². The zero-order valence-corrected chi connectivity index (χ0v) is 15.2. The minimum Gasteiger partial charge on any atom is -0.465 e. The molecule has 30 heavy (non-hydrogen) atoms. The third kappa shape index (κ3) is 5.13. The van der Waals surface area contributed by atoms with Crippen LogP contribution in [0.1, 0.15) is 21.7 Å². The number of nitrogens with one attached hydrogen (secondary N) is 2. The van der Waals surface area contributed by atoms with Crippen molar-refractivity contribution >= 4 is 29.3 Å². The first-order valence-electron chi connectivity index (χ1n) is 8.54.